The molecule has 3 aromatic rings. The monoisotopic (exact) mass is 573 g/mol. The Balaban J connectivity index is 1.56. The largest absolute Gasteiger partial charge is 0.416 e. The van der Waals surface area contributed by atoms with Crippen LogP contribution in [-0.2, 0) is 32.5 Å². The van der Waals surface area contributed by atoms with Crippen molar-refractivity contribution in [2.24, 2.45) is 5.14 Å². The second-order valence-electron chi connectivity index (χ2n) is 7.76. The number of hydrogen-bond donors (Lipinski definition) is 2. The number of hydrogen-bond acceptors (Lipinski definition) is 7. The van der Waals surface area contributed by atoms with Gasteiger partial charge in [0.25, 0.3) is 27.3 Å². The van der Waals surface area contributed by atoms with Crippen molar-refractivity contribution in [2.45, 2.75) is 12.7 Å². The summed E-state index contributed by atoms with van der Waals surface area (Å²) in [6.07, 6.45) is -1.77. The molecule has 1 aromatic heterocycles. The van der Waals surface area contributed by atoms with Gasteiger partial charge in [0.05, 0.1) is 28.7 Å². The topological polar surface area (TPSA) is 144 Å². The summed E-state index contributed by atoms with van der Waals surface area (Å²) in [7, 11) is -4.35. The van der Waals surface area contributed by atoms with E-state index < -0.39 is 45.5 Å². The van der Waals surface area contributed by atoms with Crippen LogP contribution in [0.4, 0.5) is 18.0 Å². The molecule has 2 aromatic carbocycles. The minimum Gasteiger partial charge on any atom is -0.272 e. The number of benzene rings is 2. The summed E-state index contributed by atoms with van der Waals surface area (Å²) in [6.45, 7) is -1.01. The van der Waals surface area contributed by atoms with Crippen LogP contribution < -0.4 is 9.86 Å². The van der Waals surface area contributed by atoms with Crippen LogP contribution in [-0.4, -0.2) is 46.7 Å². The van der Waals surface area contributed by atoms with Crippen molar-refractivity contribution < 1.29 is 36.0 Å². The van der Waals surface area contributed by atoms with Gasteiger partial charge in [-0.15, -0.1) is 0 Å². The van der Waals surface area contributed by atoms with Gasteiger partial charge >= 0.3 is 6.18 Å². The molecule has 1 fully saturated rings. The van der Waals surface area contributed by atoms with Gasteiger partial charge in [0.2, 0.25) is 0 Å². The molecule has 37 heavy (non-hydrogen) atoms. The van der Waals surface area contributed by atoms with Crippen molar-refractivity contribution in [1.82, 2.24) is 19.4 Å². The molecule has 16 heteroatoms. The van der Waals surface area contributed by atoms with E-state index in [4.69, 9.17) is 16.7 Å². The number of alkyl halides is 3. The van der Waals surface area contributed by atoms with Crippen LogP contribution in [0.5, 0.6) is 0 Å². The van der Waals surface area contributed by atoms with Gasteiger partial charge in [-0.25, -0.2) is 9.86 Å². The second-order valence-corrected chi connectivity index (χ2v) is 10.5. The number of carbonyl (C=O) groups excluding carboxylic acids is 3. The van der Waals surface area contributed by atoms with E-state index in [2.05, 4.69) is 5.10 Å². The molecule has 4 rings (SSSR count). The predicted octanol–water partition coefficient (Wildman–Crippen LogP) is 3.11. The van der Waals surface area contributed by atoms with E-state index in [0.29, 0.717) is 33.1 Å². The molecule has 194 valence electrons. The minimum atomic E-state index is -4.60. The number of nitrogens with zero attached hydrogens (tertiary/aromatic N) is 3. The highest BCUT2D eigenvalue weighted by Crippen LogP contribution is 2.35. The number of thioether (sulfide) groups is 1. The van der Waals surface area contributed by atoms with Crippen LogP contribution in [0.3, 0.4) is 0 Å². The zero-order valence-electron chi connectivity index (χ0n) is 18.3. The van der Waals surface area contributed by atoms with Gasteiger partial charge in [0.15, 0.2) is 0 Å². The molecule has 0 bridgehead atoms. The van der Waals surface area contributed by atoms with E-state index in [1.807, 2.05) is 0 Å². The third-order valence-corrected chi connectivity index (χ3v) is 6.75. The fourth-order valence-corrected chi connectivity index (χ4v) is 4.95. The summed E-state index contributed by atoms with van der Waals surface area (Å²) < 4.78 is 65.1. The number of aromatic nitrogens is 2. The lowest BCUT2D eigenvalue weighted by molar-refractivity contribution is -0.138. The van der Waals surface area contributed by atoms with Crippen molar-refractivity contribution >= 4 is 67.6 Å². The molecular weight excluding hydrogens is 559 g/mol. The van der Waals surface area contributed by atoms with Gasteiger partial charge in [-0.2, -0.15) is 26.7 Å². The Morgan fingerprint density at radius 1 is 1.19 bits per heavy atom. The highest BCUT2D eigenvalue weighted by atomic mass is 35.5. The van der Waals surface area contributed by atoms with Crippen LogP contribution in [0.1, 0.15) is 16.7 Å². The summed E-state index contributed by atoms with van der Waals surface area (Å²) in [5, 5.41) is 8.61. The predicted molar refractivity (Wildman–Crippen MR) is 129 cm³/mol. The number of amides is 3. The first kappa shape index (κ1) is 26.7. The second kappa shape index (κ2) is 9.81. The number of fused-ring (bicyclic) bond motifs is 1. The summed E-state index contributed by atoms with van der Waals surface area (Å²) in [4.78, 5) is 37.0. The Hall–Kier alpha value is -3.40. The molecule has 1 aliphatic heterocycles. The Morgan fingerprint density at radius 3 is 2.59 bits per heavy atom. The Bertz CT molecular complexity index is 1590. The molecule has 3 N–H and O–H groups in total. The average molecular weight is 574 g/mol. The number of halogens is 4. The molecule has 1 aliphatic rings. The smallest absolute Gasteiger partial charge is 0.272 e. The maximum atomic E-state index is 13.4. The zero-order chi connectivity index (χ0) is 27.1. The van der Waals surface area contributed by atoms with Gasteiger partial charge in [-0.1, -0.05) is 23.7 Å². The summed E-state index contributed by atoms with van der Waals surface area (Å²) in [6, 6.07) is 8.29. The maximum absolute atomic E-state index is 13.4. The normalized spacial score (nSPS) is 15.7. The van der Waals surface area contributed by atoms with Crippen molar-refractivity contribution in [3.05, 3.63) is 69.2 Å². The highest BCUT2D eigenvalue weighted by molar-refractivity contribution is 8.18. The summed E-state index contributed by atoms with van der Waals surface area (Å²) in [5.41, 5.74) is 0.113. The lowest BCUT2D eigenvalue weighted by Gasteiger charge is -2.14. The van der Waals surface area contributed by atoms with Crippen molar-refractivity contribution in [3.8, 4) is 0 Å². The molecule has 0 saturated carbocycles. The summed E-state index contributed by atoms with van der Waals surface area (Å²) >= 11 is 6.29. The first-order valence-corrected chi connectivity index (χ1v) is 12.9. The average Bonchev–Trinajstić information content (AvgIpc) is 3.28. The maximum Gasteiger partial charge on any atom is 0.416 e. The first-order chi connectivity index (χ1) is 17.2. The lowest BCUT2D eigenvalue weighted by Crippen LogP contribution is -2.44. The van der Waals surface area contributed by atoms with Gasteiger partial charge in [0, 0.05) is 10.4 Å². The Kier molecular flexibility index (Phi) is 7.07. The number of nitrogens with two attached hydrogens (primary N) is 1. The van der Waals surface area contributed by atoms with Gasteiger partial charge in [-0.05, 0) is 53.2 Å². The molecule has 0 unspecified atom stereocenters. The first-order valence-electron chi connectivity index (χ1n) is 10.1. The third-order valence-electron chi connectivity index (χ3n) is 5.09. The van der Waals surface area contributed by atoms with E-state index in [1.54, 1.807) is 18.2 Å². The van der Waals surface area contributed by atoms with Crippen LogP contribution in [0.2, 0.25) is 5.02 Å². The van der Waals surface area contributed by atoms with Crippen molar-refractivity contribution in [3.63, 3.8) is 0 Å². The number of carbonyl (C=O) groups is 3. The van der Waals surface area contributed by atoms with Gasteiger partial charge in [0.1, 0.15) is 6.54 Å². The zero-order valence-corrected chi connectivity index (χ0v) is 20.7. The molecule has 10 nitrogen and oxygen atoms in total. The molecule has 3 amide bonds. The molecule has 0 radical (unpaired) electrons. The standard InChI is InChI=1S/C21H15ClF3N5O5S2/c22-14-3-2-12(15(7-14)21(23,24)25)9-30-16-4-1-11(5-13(16)8-27-30)6-17-19(32)29(20(33)36-17)10-18(31)28-37(26,34)35/h1-8H,9-10H2,(H,28,31)(H2,26,34,35)/b17-6-. The molecule has 1 saturated heterocycles. The molecule has 0 spiro atoms. The van der Waals surface area contributed by atoms with E-state index in [-0.39, 0.29) is 22.0 Å². The van der Waals surface area contributed by atoms with E-state index in [1.165, 1.54) is 33.8 Å². The summed E-state index contributed by atoms with van der Waals surface area (Å²) in [5.74, 6) is -1.97. The van der Waals surface area contributed by atoms with E-state index >= 15 is 0 Å². The Labute approximate surface area is 216 Å². The van der Waals surface area contributed by atoms with E-state index in [9.17, 15) is 36.0 Å². The van der Waals surface area contributed by atoms with E-state index in [0.717, 1.165) is 6.07 Å². The number of imide groups is 1. The Morgan fingerprint density at radius 2 is 1.92 bits per heavy atom. The third kappa shape index (κ3) is 6.12. The van der Waals surface area contributed by atoms with Crippen LogP contribution in [0, 0.1) is 0 Å². The minimum absolute atomic E-state index is 0.0175. The lowest BCUT2D eigenvalue weighted by atomic mass is 10.1. The van der Waals surface area contributed by atoms with Crippen LogP contribution >= 0.6 is 23.4 Å². The molecule has 0 aliphatic carbocycles. The van der Waals surface area contributed by atoms with Gasteiger partial charge < -0.3 is 0 Å². The quantitative estimate of drug-likeness (QED) is 0.431. The van der Waals surface area contributed by atoms with Crippen LogP contribution in [0.25, 0.3) is 17.0 Å². The van der Waals surface area contributed by atoms with Crippen LogP contribution in [0.15, 0.2) is 47.5 Å². The van der Waals surface area contributed by atoms with Crippen molar-refractivity contribution in [1.29, 1.82) is 0 Å². The molecular formula is C21H15ClF3N5O5S2. The van der Waals surface area contributed by atoms with Crippen molar-refractivity contribution in [2.75, 3.05) is 6.54 Å². The number of nitrogens with one attached hydrogen (secondary N) is 1. The van der Waals surface area contributed by atoms with Gasteiger partial charge in [-0.3, -0.25) is 24.0 Å². The number of rotatable bonds is 6. The fourth-order valence-electron chi connectivity index (χ4n) is 3.56. The highest BCUT2D eigenvalue weighted by Gasteiger charge is 2.37. The molecule has 2 heterocycles. The molecule has 0 atom stereocenters. The SMILES string of the molecule is NS(=O)(=O)NC(=O)CN1C(=O)S/C(=C\c2ccc3c(cnn3Cc3ccc(Cl)cc3C(F)(F)F)c2)C1=O. The fraction of sp³-hybridized carbons (Fsp3) is 0.143.